The Labute approximate surface area is 170 Å². The fourth-order valence-corrected chi connectivity index (χ4v) is 3.78. The van der Waals surface area contributed by atoms with Crippen LogP contribution in [0.1, 0.15) is 23.7 Å². The zero-order valence-electron chi connectivity index (χ0n) is 16.0. The highest BCUT2D eigenvalue weighted by atomic mass is 32.2. The number of hydrogen-bond acceptors (Lipinski definition) is 6. The summed E-state index contributed by atoms with van der Waals surface area (Å²) in [6.45, 7) is 4.02. The van der Waals surface area contributed by atoms with Crippen LogP contribution in [0.15, 0.2) is 65.7 Å². The molecule has 0 fully saturated rings. The summed E-state index contributed by atoms with van der Waals surface area (Å²) < 4.78 is 24.5. The molecule has 1 aromatic heterocycles. The second-order valence-corrected chi connectivity index (χ2v) is 9.27. The van der Waals surface area contributed by atoms with Gasteiger partial charge >= 0.3 is 0 Å². The lowest BCUT2D eigenvalue weighted by atomic mass is 10.1. The maximum Gasteiger partial charge on any atom is 0.180 e. The van der Waals surface area contributed by atoms with Gasteiger partial charge in [-0.3, -0.25) is 0 Å². The van der Waals surface area contributed by atoms with Crippen molar-refractivity contribution in [2.45, 2.75) is 30.4 Å². The largest absolute Gasteiger partial charge is 0.381 e. The molecule has 3 rings (SSSR count). The van der Waals surface area contributed by atoms with Crippen LogP contribution in [-0.2, 0) is 16.3 Å². The molecule has 0 aliphatic heterocycles. The first kappa shape index (κ1) is 19.8. The molecule has 28 heavy (non-hydrogen) atoms. The molecule has 152 valence electrons. The number of nitrogens with zero attached hydrogens (tertiary/aromatic N) is 2. The molecule has 3 N–H and O–H groups in total. The number of aromatic nitrogens is 2. The highest BCUT2D eigenvalue weighted by Gasteiger charge is 2.19. The third-order valence-electron chi connectivity index (χ3n) is 4.45. The van der Waals surface area contributed by atoms with Crippen molar-refractivity contribution in [2.75, 3.05) is 17.6 Å². The van der Waals surface area contributed by atoms with Crippen LogP contribution in [0.25, 0.3) is 11.3 Å². The number of nitrogen functional groups attached to an aromatic ring is 1. The van der Waals surface area contributed by atoms with Gasteiger partial charge in [0.2, 0.25) is 0 Å². The van der Waals surface area contributed by atoms with Crippen molar-refractivity contribution in [3.8, 4) is 11.3 Å². The lowest BCUT2D eigenvalue weighted by molar-refractivity contribution is 0.587. The molecule has 0 radical (unpaired) electrons. The normalized spacial score (nSPS) is 11.5. The smallest absolute Gasteiger partial charge is 0.180 e. The van der Waals surface area contributed by atoms with E-state index in [0.717, 1.165) is 12.0 Å². The fraction of sp³-hybridized carbons (Fsp3) is 0.238. The zero-order chi connectivity index (χ0) is 20.1. The molecule has 6 nitrogen and oxygen atoms in total. The Balaban J connectivity index is 0.00000300. The zero-order valence-corrected chi connectivity index (χ0v) is 16.8. The van der Waals surface area contributed by atoms with Gasteiger partial charge in [0, 0.05) is 16.4 Å². The van der Waals surface area contributed by atoms with Crippen molar-refractivity contribution in [1.82, 2.24) is 9.97 Å². The molecule has 7 heteroatoms. The lowest BCUT2D eigenvalue weighted by Gasteiger charge is -2.11. The van der Waals surface area contributed by atoms with Gasteiger partial charge in [0.05, 0.1) is 22.0 Å². The van der Waals surface area contributed by atoms with E-state index >= 15 is 0 Å². The van der Waals surface area contributed by atoms with E-state index in [-0.39, 0.29) is 4.28 Å². The van der Waals surface area contributed by atoms with Gasteiger partial charge in [-0.25, -0.2) is 18.4 Å². The predicted molar refractivity (Wildman–Crippen MR) is 119 cm³/mol. The van der Waals surface area contributed by atoms with E-state index in [1.807, 2.05) is 18.2 Å². The van der Waals surface area contributed by atoms with Crippen LogP contribution in [0.2, 0.25) is 0 Å². The monoisotopic (exact) mass is 402 g/mol. The van der Waals surface area contributed by atoms with Crippen LogP contribution >= 0.6 is 0 Å². The Morgan fingerprint density at radius 3 is 2.39 bits per heavy atom. The lowest BCUT2D eigenvalue weighted by Crippen LogP contribution is -2.13. The SMILES string of the molecule is CC(C)S(=O)(=O)c1ccc(-c2cnc(N)c(NCCc3ccccc3)n2)cc1.[HH].[HH].[HH]. The maximum atomic E-state index is 12.3. The number of sulfone groups is 1. The quantitative estimate of drug-likeness (QED) is 0.611. The van der Waals surface area contributed by atoms with Gasteiger partial charge in [-0.05, 0) is 38.0 Å². The van der Waals surface area contributed by atoms with Crippen molar-refractivity contribution in [3.63, 3.8) is 0 Å². The minimum atomic E-state index is -3.30. The van der Waals surface area contributed by atoms with Crippen molar-refractivity contribution < 1.29 is 12.7 Å². The number of nitrogens with one attached hydrogen (secondary N) is 1. The third kappa shape index (κ3) is 4.48. The van der Waals surface area contributed by atoms with Gasteiger partial charge in [0.1, 0.15) is 0 Å². The van der Waals surface area contributed by atoms with Crippen LogP contribution < -0.4 is 11.1 Å². The Morgan fingerprint density at radius 2 is 1.75 bits per heavy atom. The number of nitrogens with two attached hydrogens (primary N) is 1. The Hall–Kier alpha value is -2.93. The molecule has 0 spiro atoms. The number of rotatable bonds is 7. The summed E-state index contributed by atoms with van der Waals surface area (Å²) in [5.41, 5.74) is 8.58. The van der Waals surface area contributed by atoms with E-state index < -0.39 is 15.1 Å². The van der Waals surface area contributed by atoms with Gasteiger partial charge in [0.25, 0.3) is 0 Å². The van der Waals surface area contributed by atoms with Crippen LogP contribution in [0, 0.1) is 0 Å². The molecule has 0 saturated heterocycles. The van der Waals surface area contributed by atoms with E-state index in [9.17, 15) is 8.42 Å². The van der Waals surface area contributed by atoms with Crippen molar-refractivity contribution in [2.24, 2.45) is 0 Å². The van der Waals surface area contributed by atoms with Crippen molar-refractivity contribution in [1.29, 1.82) is 0 Å². The van der Waals surface area contributed by atoms with E-state index in [0.29, 0.717) is 28.8 Å². The van der Waals surface area contributed by atoms with Crippen LogP contribution in [0.4, 0.5) is 11.6 Å². The first-order valence-corrected chi connectivity index (χ1v) is 10.7. The molecule has 0 bridgehead atoms. The van der Waals surface area contributed by atoms with Crippen LogP contribution in [-0.4, -0.2) is 30.2 Å². The summed E-state index contributed by atoms with van der Waals surface area (Å²) >= 11 is 0. The molecular weight excluding hydrogens is 372 g/mol. The van der Waals surface area contributed by atoms with Crippen molar-refractivity contribution in [3.05, 3.63) is 66.4 Å². The van der Waals surface area contributed by atoms with Crippen LogP contribution in [0.5, 0.6) is 0 Å². The summed E-state index contributed by atoms with van der Waals surface area (Å²) in [6, 6.07) is 16.8. The number of anilines is 2. The van der Waals surface area contributed by atoms with Gasteiger partial charge in [-0.15, -0.1) is 0 Å². The molecule has 0 amide bonds. The molecule has 0 aliphatic carbocycles. The summed E-state index contributed by atoms with van der Waals surface area (Å²) in [7, 11) is -3.30. The van der Waals surface area contributed by atoms with E-state index in [2.05, 4.69) is 27.4 Å². The van der Waals surface area contributed by atoms with Gasteiger partial charge in [0.15, 0.2) is 21.5 Å². The molecule has 2 aromatic carbocycles. The van der Waals surface area contributed by atoms with E-state index in [1.54, 1.807) is 44.3 Å². The second kappa shape index (κ2) is 8.39. The first-order valence-electron chi connectivity index (χ1n) is 9.12. The Morgan fingerprint density at radius 1 is 1.07 bits per heavy atom. The van der Waals surface area contributed by atoms with Gasteiger partial charge in [-0.2, -0.15) is 0 Å². The van der Waals surface area contributed by atoms with Gasteiger partial charge < -0.3 is 11.1 Å². The highest BCUT2D eigenvalue weighted by Crippen LogP contribution is 2.24. The van der Waals surface area contributed by atoms with E-state index in [4.69, 9.17) is 5.73 Å². The molecule has 0 aliphatic rings. The summed E-state index contributed by atoms with van der Waals surface area (Å²) in [6.07, 6.45) is 2.43. The molecular formula is C21H30N4O2S. The van der Waals surface area contributed by atoms with E-state index in [1.165, 1.54) is 5.56 Å². The summed E-state index contributed by atoms with van der Waals surface area (Å²) in [5, 5.41) is 2.76. The minimum Gasteiger partial charge on any atom is -0.381 e. The second-order valence-electron chi connectivity index (χ2n) is 6.77. The number of benzene rings is 2. The van der Waals surface area contributed by atoms with Crippen LogP contribution in [0.3, 0.4) is 0 Å². The van der Waals surface area contributed by atoms with Crippen molar-refractivity contribution >= 4 is 21.5 Å². The maximum absolute atomic E-state index is 12.3. The molecule has 1 heterocycles. The topological polar surface area (TPSA) is 98.0 Å². The molecule has 3 aromatic rings. The number of hydrogen-bond donors (Lipinski definition) is 2. The summed E-state index contributed by atoms with van der Waals surface area (Å²) in [4.78, 5) is 9.07. The third-order valence-corrected chi connectivity index (χ3v) is 6.62. The average molecular weight is 403 g/mol. The molecule has 0 saturated carbocycles. The predicted octanol–water partition coefficient (Wildman–Crippen LogP) is 4.30. The Kier molecular flexibility index (Phi) is 5.94. The molecule has 0 atom stereocenters. The summed E-state index contributed by atoms with van der Waals surface area (Å²) in [5.74, 6) is 0.850. The fourth-order valence-electron chi connectivity index (χ4n) is 2.73. The minimum absolute atomic E-state index is 0. The Bertz CT molecular complexity index is 1050. The highest BCUT2D eigenvalue weighted by molar-refractivity contribution is 7.92. The average Bonchev–Trinajstić information content (AvgIpc) is 2.70. The standard InChI is InChI=1S/C21H24N4O2S.3H2/c1-15(2)28(26,27)18-10-8-17(9-11-18)19-14-24-20(22)21(25-19)23-13-12-16-6-4-3-5-7-16;;;/h3-11,14-15H,12-13H2,1-2H3,(H2,22,24)(H,23,25);3*1H. The van der Waals surface area contributed by atoms with Gasteiger partial charge in [-0.1, -0.05) is 42.5 Å². The first-order chi connectivity index (χ1) is 13.4. The molecule has 0 unspecified atom stereocenters.